The minimum absolute atomic E-state index is 0.0939. The second-order valence-corrected chi connectivity index (χ2v) is 15.1. The molecule has 0 saturated heterocycles. The van der Waals surface area contributed by atoms with Crippen LogP contribution in [0.2, 0.25) is 0 Å². The van der Waals surface area contributed by atoms with Crippen LogP contribution in [0.15, 0.2) is 194 Å². The van der Waals surface area contributed by atoms with E-state index in [0.29, 0.717) is 0 Å². The monoisotopic (exact) mass is 708 g/mol. The van der Waals surface area contributed by atoms with Crippen LogP contribution in [0.1, 0.15) is 53.9 Å². The van der Waals surface area contributed by atoms with Gasteiger partial charge in [-0.2, -0.15) is 0 Å². The van der Waals surface area contributed by atoms with E-state index >= 15 is 0 Å². The molecule has 0 fully saturated rings. The summed E-state index contributed by atoms with van der Waals surface area (Å²) < 4.78 is 0. The second kappa shape index (κ2) is 14.5. The molecule has 8 aromatic rings. The van der Waals surface area contributed by atoms with Crippen molar-refractivity contribution < 1.29 is 0 Å². The Morgan fingerprint density at radius 3 is 1.87 bits per heavy atom. The molecular weight excluding hydrogens is 665 g/mol. The van der Waals surface area contributed by atoms with Gasteiger partial charge in [0.2, 0.25) is 0 Å². The number of fused-ring (bicyclic) bond motifs is 4. The summed E-state index contributed by atoms with van der Waals surface area (Å²) in [7, 11) is 0. The van der Waals surface area contributed by atoms with E-state index < -0.39 is 0 Å². The standard InChI is InChI=1S/C53H44N2/c1-53(2)48-27-15-26-45(51(48)47-34-40-23-12-13-24-41(40)35-49(47)53)43-25-14-16-36(32-43)28-31-50(55-52(54)39-21-10-5-11-22-39)46-33-42(37-17-6-3-7-18-37)29-30-44(46)38-19-8-4-9-20-38/h3-35,50,52,55H,54H2,1-2H3/b31-28+. The highest BCUT2D eigenvalue weighted by molar-refractivity contribution is 5.98. The molecule has 8 aromatic carbocycles. The van der Waals surface area contributed by atoms with Gasteiger partial charge in [0.05, 0.1) is 12.2 Å². The molecule has 0 spiro atoms. The average molecular weight is 709 g/mol. The number of nitrogens with two attached hydrogens (primary N) is 1. The van der Waals surface area contributed by atoms with Crippen LogP contribution in [-0.2, 0) is 5.41 Å². The van der Waals surface area contributed by atoms with Crippen molar-refractivity contribution in [2.45, 2.75) is 31.5 Å². The Kier molecular flexibility index (Phi) is 9.07. The normalized spacial score (nSPS) is 14.1. The fourth-order valence-corrected chi connectivity index (χ4v) is 8.44. The molecule has 2 atom stereocenters. The Balaban J connectivity index is 1.14. The predicted molar refractivity (Wildman–Crippen MR) is 233 cm³/mol. The van der Waals surface area contributed by atoms with Crippen LogP contribution in [-0.4, -0.2) is 0 Å². The molecule has 2 unspecified atom stereocenters. The van der Waals surface area contributed by atoms with Crippen LogP contribution in [0, 0.1) is 0 Å². The van der Waals surface area contributed by atoms with Crippen LogP contribution in [0.3, 0.4) is 0 Å². The molecular formula is C53H44N2. The maximum atomic E-state index is 6.94. The number of hydrogen-bond acceptors (Lipinski definition) is 2. The molecule has 55 heavy (non-hydrogen) atoms. The largest absolute Gasteiger partial charge is 0.312 e. The number of nitrogens with one attached hydrogen (secondary N) is 1. The van der Waals surface area contributed by atoms with Gasteiger partial charge in [-0.1, -0.05) is 190 Å². The van der Waals surface area contributed by atoms with Crippen molar-refractivity contribution >= 4 is 16.8 Å². The van der Waals surface area contributed by atoms with Crippen molar-refractivity contribution in [2.75, 3.05) is 0 Å². The molecule has 0 saturated carbocycles. The van der Waals surface area contributed by atoms with Gasteiger partial charge in [-0.15, -0.1) is 0 Å². The first kappa shape index (κ1) is 34.4. The molecule has 1 aliphatic carbocycles. The SMILES string of the molecule is CC1(C)c2cc3ccccc3cc2-c2c(-c3cccc(/C=C/C(NC(N)c4ccccc4)c4cc(-c5ccccc5)ccc4-c4ccccc4)c3)cccc21. The van der Waals surface area contributed by atoms with Gasteiger partial charge in [-0.05, 0) is 107 Å². The van der Waals surface area contributed by atoms with Crippen LogP contribution in [0.25, 0.3) is 61.4 Å². The van der Waals surface area contributed by atoms with Gasteiger partial charge in [-0.3, -0.25) is 5.32 Å². The Morgan fingerprint density at radius 2 is 1.13 bits per heavy atom. The van der Waals surface area contributed by atoms with Crippen LogP contribution in [0.5, 0.6) is 0 Å². The molecule has 0 bridgehead atoms. The topological polar surface area (TPSA) is 38.0 Å². The van der Waals surface area contributed by atoms with Gasteiger partial charge >= 0.3 is 0 Å². The fourth-order valence-electron chi connectivity index (χ4n) is 8.44. The van der Waals surface area contributed by atoms with Crippen LogP contribution < -0.4 is 11.1 Å². The first-order valence-electron chi connectivity index (χ1n) is 19.2. The summed E-state index contributed by atoms with van der Waals surface area (Å²) in [6.07, 6.45) is 4.15. The van der Waals surface area contributed by atoms with Crippen molar-refractivity contribution in [3.63, 3.8) is 0 Å². The zero-order valence-corrected chi connectivity index (χ0v) is 31.3. The predicted octanol–water partition coefficient (Wildman–Crippen LogP) is 13.1. The lowest BCUT2D eigenvalue weighted by Gasteiger charge is -2.25. The maximum absolute atomic E-state index is 6.94. The molecule has 2 nitrogen and oxygen atoms in total. The van der Waals surface area contributed by atoms with Crippen molar-refractivity contribution in [1.29, 1.82) is 0 Å². The summed E-state index contributed by atoms with van der Waals surface area (Å²) in [6.45, 7) is 4.72. The highest BCUT2D eigenvalue weighted by Gasteiger charge is 2.37. The lowest BCUT2D eigenvalue weighted by Crippen LogP contribution is -2.31. The van der Waals surface area contributed by atoms with Gasteiger partial charge in [-0.25, -0.2) is 0 Å². The van der Waals surface area contributed by atoms with E-state index in [1.54, 1.807) is 0 Å². The van der Waals surface area contributed by atoms with E-state index in [2.05, 4.69) is 201 Å². The van der Waals surface area contributed by atoms with E-state index in [1.165, 1.54) is 72.0 Å². The molecule has 1 aliphatic rings. The van der Waals surface area contributed by atoms with Gasteiger partial charge in [0.1, 0.15) is 0 Å². The third kappa shape index (κ3) is 6.61. The highest BCUT2D eigenvalue weighted by Crippen LogP contribution is 2.53. The number of rotatable bonds is 9. The molecule has 0 heterocycles. The summed E-state index contributed by atoms with van der Waals surface area (Å²) in [4.78, 5) is 0. The lowest BCUT2D eigenvalue weighted by atomic mass is 9.81. The van der Waals surface area contributed by atoms with Gasteiger partial charge in [0.15, 0.2) is 0 Å². The summed E-state index contributed by atoms with van der Waals surface area (Å²) in [5.74, 6) is 0. The Hall–Kier alpha value is -6.32. The zero-order chi connectivity index (χ0) is 37.4. The van der Waals surface area contributed by atoms with Gasteiger partial charge < -0.3 is 5.73 Å². The molecule has 266 valence electrons. The molecule has 2 heteroatoms. The fraction of sp³-hybridized carbons (Fsp3) is 0.0943. The number of hydrogen-bond donors (Lipinski definition) is 2. The maximum Gasteiger partial charge on any atom is 0.0817 e. The Morgan fingerprint density at radius 1 is 0.491 bits per heavy atom. The summed E-state index contributed by atoms with van der Waals surface area (Å²) in [5, 5.41) is 6.38. The second-order valence-electron chi connectivity index (χ2n) is 15.1. The van der Waals surface area contributed by atoms with Crippen LogP contribution in [0.4, 0.5) is 0 Å². The average Bonchev–Trinajstić information content (AvgIpc) is 3.47. The quantitative estimate of drug-likeness (QED) is 0.147. The highest BCUT2D eigenvalue weighted by atomic mass is 15.0. The summed E-state index contributed by atoms with van der Waals surface area (Å²) >= 11 is 0. The van der Waals surface area contributed by atoms with Crippen molar-refractivity contribution in [2.24, 2.45) is 5.73 Å². The lowest BCUT2D eigenvalue weighted by molar-refractivity contribution is 0.510. The first-order valence-corrected chi connectivity index (χ1v) is 19.2. The van der Waals surface area contributed by atoms with Crippen LogP contribution >= 0.6 is 0 Å². The minimum atomic E-state index is -0.377. The minimum Gasteiger partial charge on any atom is -0.312 e. The zero-order valence-electron chi connectivity index (χ0n) is 31.3. The summed E-state index contributed by atoms with van der Waals surface area (Å²) in [6, 6.07) is 67.4. The van der Waals surface area contributed by atoms with Crippen molar-refractivity contribution in [1.82, 2.24) is 5.32 Å². The molecule has 0 aromatic heterocycles. The smallest absolute Gasteiger partial charge is 0.0817 e. The summed E-state index contributed by atoms with van der Waals surface area (Å²) in [5.41, 5.74) is 22.8. The molecule has 0 radical (unpaired) electrons. The van der Waals surface area contributed by atoms with Crippen molar-refractivity contribution in [3.8, 4) is 44.5 Å². The van der Waals surface area contributed by atoms with Gasteiger partial charge in [0, 0.05) is 5.41 Å². The Bertz CT molecular complexity index is 2660. The third-order valence-corrected chi connectivity index (χ3v) is 11.3. The third-order valence-electron chi connectivity index (χ3n) is 11.3. The van der Waals surface area contributed by atoms with E-state index in [9.17, 15) is 0 Å². The molecule has 3 N–H and O–H groups in total. The number of benzene rings is 8. The van der Waals surface area contributed by atoms with E-state index in [0.717, 1.165) is 11.1 Å². The van der Waals surface area contributed by atoms with E-state index in [4.69, 9.17) is 5.73 Å². The Labute approximate surface area is 324 Å². The van der Waals surface area contributed by atoms with Crippen molar-refractivity contribution in [3.05, 3.63) is 222 Å². The van der Waals surface area contributed by atoms with E-state index in [-0.39, 0.29) is 17.6 Å². The molecule has 0 amide bonds. The van der Waals surface area contributed by atoms with Gasteiger partial charge in [0.25, 0.3) is 0 Å². The molecule has 9 rings (SSSR count). The molecule has 0 aliphatic heterocycles. The van der Waals surface area contributed by atoms with E-state index in [1.807, 2.05) is 18.2 Å². The first-order chi connectivity index (χ1) is 26.9.